The zero-order chi connectivity index (χ0) is 11.4. The summed E-state index contributed by atoms with van der Waals surface area (Å²) >= 11 is 0. The van der Waals surface area contributed by atoms with Crippen molar-refractivity contribution in [3.8, 4) is 0 Å². The summed E-state index contributed by atoms with van der Waals surface area (Å²) in [6.07, 6.45) is 1.37. The average molecular weight is 212 g/mol. The van der Waals surface area contributed by atoms with Crippen LogP contribution < -0.4 is 5.32 Å². The molecule has 0 radical (unpaired) electrons. The molecule has 2 nitrogen and oxygen atoms in total. The van der Waals surface area contributed by atoms with Gasteiger partial charge in [-0.2, -0.15) is 0 Å². The van der Waals surface area contributed by atoms with Crippen LogP contribution in [-0.2, 0) is 0 Å². The fourth-order valence-electron chi connectivity index (χ4n) is 2.43. The van der Waals surface area contributed by atoms with Crippen LogP contribution in [0.25, 0.3) is 0 Å². The summed E-state index contributed by atoms with van der Waals surface area (Å²) in [5.74, 6) is 2.50. The standard InChI is InChI=1S/C13H28N2/c1-10(2)13(14-5)9-15-7-6-11(3)12(4)8-15/h10-14H,6-9H2,1-5H3. The van der Waals surface area contributed by atoms with Gasteiger partial charge in [-0.1, -0.05) is 27.7 Å². The summed E-state index contributed by atoms with van der Waals surface area (Å²) in [5, 5.41) is 3.43. The molecule has 1 fully saturated rings. The highest BCUT2D eigenvalue weighted by molar-refractivity contribution is 4.80. The van der Waals surface area contributed by atoms with Gasteiger partial charge in [0.25, 0.3) is 0 Å². The first-order valence-corrected chi connectivity index (χ1v) is 6.44. The van der Waals surface area contributed by atoms with Crippen LogP contribution in [0, 0.1) is 17.8 Å². The van der Waals surface area contributed by atoms with Gasteiger partial charge in [0, 0.05) is 19.1 Å². The molecule has 0 aromatic rings. The van der Waals surface area contributed by atoms with Crippen LogP contribution in [0.2, 0.25) is 0 Å². The Bertz CT molecular complexity index is 179. The SMILES string of the molecule is CNC(CN1CCC(C)C(C)C1)C(C)C. The second-order valence-corrected chi connectivity index (χ2v) is 5.64. The van der Waals surface area contributed by atoms with Gasteiger partial charge in [0.2, 0.25) is 0 Å². The number of likely N-dealkylation sites (N-methyl/N-ethyl adjacent to an activating group) is 1. The molecule has 1 N–H and O–H groups in total. The minimum atomic E-state index is 0.644. The quantitative estimate of drug-likeness (QED) is 0.768. The molecule has 1 rings (SSSR count). The molecule has 0 aliphatic carbocycles. The van der Waals surface area contributed by atoms with E-state index in [9.17, 15) is 0 Å². The number of hydrogen-bond acceptors (Lipinski definition) is 2. The van der Waals surface area contributed by atoms with Gasteiger partial charge in [-0.25, -0.2) is 0 Å². The lowest BCUT2D eigenvalue weighted by Gasteiger charge is -2.37. The van der Waals surface area contributed by atoms with Crippen molar-refractivity contribution in [2.75, 3.05) is 26.7 Å². The Kier molecular flexibility index (Phi) is 5.07. The van der Waals surface area contributed by atoms with E-state index in [1.165, 1.54) is 26.1 Å². The van der Waals surface area contributed by atoms with E-state index < -0.39 is 0 Å². The molecule has 2 heteroatoms. The number of nitrogens with one attached hydrogen (secondary N) is 1. The van der Waals surface area contributed by atoms with E-state index in [0.717, 1.165) is 17.8 Å². The third kappa shape index (κ3) is 3.76. The van der Waals surface area contributed by atoms with Crippen molar-refractivity contribution in [1.29, 1.82) is 0 Å². The van der Waals surface area contributed by atoms with Crippen molar-refractivity contribution in [2.24, 2.45) is 17.8 Å². The molecule has 0 spiro atoms. The summed E-state index contributed by atoms with van der Waals surface area (Å²) in [7, 11) is 2.08. The number of piperidine rings is 1. The normalized spacial score (nSPS) is 30.8. The van der Waals surface area contributed by atoms with Crippen LogP contribution in [0.4, 0.5) is 0 Å². The molecule has 0 aromatic heterocycles. The maximum atomic E-state index is 3.43. The van der Waals surface area contributed by atoms with Gasteiger partial charge >= 0.3 is 0 Å². The van der Waals surface area contributed by atoms with E-state index >= 15 is 0 Å². The Morgan fingerprint density at radius 1 is 1.27 bits per heavy atom. The second kappa shape index (κ2) is 5.86. The smallest absolute Gasteiger partial charge is 0.0214 e. The first-order valence-electron chi connectivity index (χ1n) is 6.44. The zero-order valence-corrected chi connectivity index (χ0v) is 11.1. The van der Waals surface area contributed by atoms with Crippen LogP contribution in [-0.4, -0.2) is 37.6 Å². The van der Waals surface area contributed by atoms with Gasteiger partial charge in [0.15, 0.2) is 0 Å². The monoisotopic (exact) mass is 212 g/mol. The van der Waals surface area contributed by atoms with Crippen LogP contribution in [0.5, 0.6) is 0 Å². The number of rotatable bonds is 4. The third-order valence-corrected chi connectivity index (χ3v) is 4.05. The Labute approximate surface area is 95.4 Å². The van der Waals surface area contributed by atoms with E-state index in [-0.39, 0.29) is 0 Å². The van der Waals surface area contributed by atoms with Crippen LogP contribution >= 0.6 is 0 Å². The number of hydrogen-bond donors (Lipinski definition) is 1. The van der Waals surface area contributed by atoms with Gasteiger partial charge in [-0.3, -0.25) is 0 Å². The van der Waals surface area contributed by atoms with E-state index in [1.807, 2.05) is 0 Å². The van der Waals surface area contributed by atoms with E-state index in [2.05, 4.69) is 45.0 Å². The molecule has 3 unspecified atom stereocenters. The fraction of sp³-hybridized carbons (Fsp3) is 1.00. The van der Waals surface area contributed by atoms with Crippen LogP contribution in [0.15, 0.2) is 0 Å². The molecule has 1 heterocycles. The summed E-state index contributed by atoms with van der Waals surface area (Å²) in [5.41, 5.74) is 0. The summed E-state index contributed by atoms with van der Waals surface area (Å²) < 4.78 is 0. The highest BCUT2D eigenvalue weighted by atomic mass is 15.2. The lowest BCUT2D eigenvalue weighted by atomic mass is 9.88. The molecular formula is C13H28N2. The molecule has 15 heavy (non-hydrogen) atoms. The minimum absolute atomic E-state index is 0.644. The average Bonchev–Trinajstić information content (AvgIpc) is 2.19. The van der Waals surface area contributed by atoms with E-state index in [0.29, 0.717) is 6.04 Å². The Balaban J connectivity index is 2.38. The second-order valence-electron chi connectivity index (χ2n) is 5.64. The summed E-state index contributed by atoms with van der Waals surface area (Å²) in [6, 6.07) is 0.644. The Morgan fingerprint density at radius 3 is 2.40 bits per heavy atom. The van der Waals surface area contributed by atoms with Gasteiger partial charge in [-0.15, -0.1) is 0 Å². The summed E-state index contributed by atoms with van der Waals surface area (Å²) in [4.78, 5) is 2.63. The molecular weight excluding hydrogens is 184 g/mol. The van der Waals surface area contributed by atoms with E-state index in [1.54, 1.807) is 0 Å². The van der Waals surface area contributed by atoms with Gasteiger partial charge in [0.05, 0.1) is 0 Å². The van der Waals surface area contributed by atoms with Crippen molar-refractivity contribution in [2.45, 2.75) is 40.2 Å². The van der Waals surface area contributed by atoms with Crippen molar-refractivity contribution in [3.63, 3.8) is 0 Å². The van der Waals surface area contributed by atoms with Crippen molar-refractivity contribution in [1.82, 2.24) is 10.2 Å². The highest BCUT2D eigenvalue weighted by Crippen LogP contribution is 2.22. The molecule has 0 aromatic carbocycles. The maximum absolute atomic E-state index is 3.43. The lowest BCUT2D eigenvalue weighted by molar-refractivity contribution is 0.120. The first kappa shape index (κ1) is 13.0. The topological polar surface area (TPSA) is 15.3 Å². The molecule has 0 saturated carbocycles. The third-order valence-electron chi connectivity index (χ3n) is 4.05. The molecule has 90 valence electrons. The largest absolute Gasteiger partial charge is 0.315 e. The molecule has 0 amide bonds. The minimum Gasteiger partial charge on any atom is -0.315 e. The molecule has 0 bridgehead atoms. The molecule has 1 aliphatic heterocycles. The van der Waals surface area contributed by atoms with Gasteiger partial charge in [0.1, 0.15) is 0 Å². The lowest BCUT2D eigenvalue weighted by Crippen LogP contribution is -2.47. The van der Waals surface area contributed by atoms with Crippen molar-refractivity contribution < 1.29 is 0 Å². The molecule has 1 aliphatic rings. The Hall–Kier alpha value is -0.0800. The first-order chi connectivity index (χ1) is 7.04. The van der Waals surface area contributed by atoms with Crippen LogP contribution in [0.1, 0.15) is 34.1 Å². The van der Waals surface area contributed by atoms with Crippen LogP contribution in [0.3, 0.4) is 0 Å². The van der Waals surface area contributed by atoms with Crippen molar-refractivity contribution in [3.05, 3.63) is 0 Å². The zero-order valence-electron chi connectivity index (χ0n) is 11.1. The number of nitrogens with zero attached hydrogens (tertiary/aromatic N) is 1. The predicted octanol–water partition coefficient (Wildman–Crippen LogP) is 2.21. The molecule has 1 saturated heterocycles. The van der Waals surface area contributed by atoms with E-state index in [4.69, 9.17) is 0 Å². The van der Waals surface area contributed by atoms with Gasteiger partial charge in [-0.05, 0) is 37.8 Å². The van der Waals surface area contributed by atoms with Gasteiger partial charge < -0.3 is 10.2 Å². The molecule has 3 atom stereocenters. The summed E-state index contributed by atoms with van der Waals surface area (Å²) in [6.45, 7) is 13.2. The number of likely N-dealkylation sites (tertiary alicyclic amines) is 1. The van der Waals surface area contributed by atoms with Crippen molar-refractivity contribution >= 4 is 0 Å². The fourth-order valence-corrected chi connectivity index (χ4v) is 2.43. The predicted molar refractivity (Wildman–Crippen MR) is 67.1 cm³/mol. The highest BCUT2D eigenvalue weighted by Gasteiger charge is 2.24. The maximum Gasteiger partial charge on any atom is 0.0214 e. The Morgan fingerprint density at radius 2 is 1.93 bits per heavy atom.